The minimum absolute atomic E-state index is 0.0655. The average molecular weight is 308 g/mol. The van der Waals surface area contributed by atoms with E-state index in [0.717, 1.165) is 24.8 Å². The number of aryl methyl sites for hydroxylation is 1. The number of anilines is 1. The van der Waals surface area contributed by atoms with E-state index in [4.69, 9.17) is 0 Å². The monoisotopic (exact) mass is 308 g/mol. The van der Waals surface area contributed by atoms with Crippen LogP contribution in [0.15, 0.2) is 48.5 Å². The number of benzene rings is 2. The molecule has 0 bridgehead atoms. The van der Waals surface area contributed by atoms with Gasteiger partial charge in [-0.25, -0.2) is 0 Å². The quantitative estimate of drug-likeness (QED) is 0.916. The van der Waals surface area contributed by atoms with Crippen LogP contribution in [0.2, 0.25) is 0 Å². The Morgan fingerprint density at radius 2 is 1.91 bits per heavy atom. The van der Waals surface area contributed by atoms with E-state index in [-0.39, 0.29) is 5.91 Å². The van der Waals surface area contributed by atoms with E-state index in [2.05, 4.69) is 23.5 Å². The number of para-hydroxylation sites is 1. The van der Waals surface area contributed by atoms with Crippen LogP contribution in [0.1, 0.15) is 40.6 Å². The smallest absolute Gasteiger partial charge is 0.256 e. The van der Waals surface area contributed by atoms with Crippen LogP contribution in [-0.2, 0) is 6.42 Å². The van der Waals surface area contributed by atoms with E-state index < -0.39 is 6.23 Å². The van der Waals surface area contributed by atoms with Gasteiger partial charge in [0.25, 0.3) is 5.91 Å². The van der Waals surface area contributed by atoms with Gasteiger partial charge in [-0.2, -0.15) is 0 Å². The number of aliphatic hydroxyl groups is 1. The summed E-state index contributed by atoms with van der Waals surface area (Å²) in [5.41, 5.74) is 3.90. The van der Waals surface area contributed by atoms with Crippen LogP contribution in [0.25, 0.3) is 0 Å². The molecule has 1 amide bonds. The fourth-order valence-electron chi connectivity index (χ4n) is 3.59. The van der Waals surface area contributed by atoms with Gasteiger partial charge < -0.3 is 15.3 Å². The van der Waals surface area contributed by atoms with Crippen LogP contribution in [0.3, 0.4) is 0 Å². The van der Waals surface area contributed by atoms with Crippen molar-refractivity contribution in [1.82, 2.24) is 4.90 Å². The Bertz CT molecular complexity index is 744. The van der Waals surface area contributed by atoms with Gasteiger partial charge in [0.1, 0.15) is 0 Å². The summed E-state index contributed by atoms with van der Waals surface area (Å²) >= 11 is 0. The normalized spacial score (nSPS) is 22.5. The number of hydrogen-bond donors (Lipinski definition) is 2. The molecule has 2 unspecified atom stereocenters. The Kier molecular flexibility index (Phi) is 3.54. The van der Waals surface area contributed by atoms with Crippen LogP contribution in [0.4, 0.5) is 5.69 Å². The molecule has 0 saturated carbocycles. The summed E-state index contributed by atoms with van der Waals surface area (Å²) in [6.45, 7) is 0.564. The van der Waals surface area contributed by atoms with Gasteiger partial charge in [-0.1, -0.05) is 36.4 Å². The van der Waals surface area contributed by atoms with Gasteiger partial charge in [-0.05, 0) is 37.0 Å². The molecule has 0 fully saturated rings. The molecule has 2 aliphatic heterocycles. The van der Waals surface area contributed by atoms with Gasteiger partial charge in [-0.3, -0.25) is 4.79 Å². The van der Waals surface area contributed by atoms with Crippen LogP contribution in [0, 0.1) is 0 Å². The number of fused-ring (bicyclic) bond motifs is 2. The fraction of sp³-hybridized carbons (Fsp3) is 0.316. The average Bonchev–Trinajstić information content (AvgIpc) is 2.84. The Balaban J connectivity index is 1.42. The molecule has 23 heavy (non-hydrogen) atoms. The first-order valence-electron chi connectivity index (χ1n) is 8.16. The Labute approximate surface area is 135 Å². The Morgan fingerprint density at radius 1 is 1.13 bits per heavy atom. The summed E-state index contributed by atoms with van der Waals surface area (Å²) in [5, 5.41) is 13.9. The number of carbonyl (C=O) groups is 1. The summed E-state index contributed by atoms with van der Waals surface area (Å²) < 4.78 is 0. The number of carbonyl (C=O) groups excluding carboxylic acids is 1. The molecule has 2 aliphatic rings. The fourth-order valence-corrected chi connectivity index (χ4v) is 3.59. The molecule has 118 valence electrons. The second kappa shape index (κ2) is 5.70. The number of hydrogen-bond acceptors (Lipinski definition) is 3. The second-order valence-electron chi connectivity index (χ2n) is 6.29. The van der Waals surface area contributed by atoms with Gasteiger partial charge in [0, 0.05) is 29.4 Å². The van der Waals surface area contributed by atoms with E-state index in [0.29, 0.717) is 18.2 Å². The van der Waals surface area contributed by atoms with Crippen LogP contribution in [-0.4, -0.2) is 28.5 Å². The van der Waals surface area contributed by atoms with Crippen molar-refractivity contribution < 1.29 is 9.90 Å². The molecule has 0 aromatic heterocycles. The second-order valence-corrected chi connectivity index (χ2v) is 6.29. The van der Waals surface area contributed by atoms with Gasteiger partial charge in [0.2, 0.25) is 0 Å². The first-order valence-corrected chi connectivity index (χ1v) is 8.16. The summed E-state index contributed by atoms with van der Waals surface area (Å²) in [6.07, 6.45) is 2.15. The van der Waals surface area contributed by atoms with Gasteiger partial charge in [-0.15, -0.1) is 0 Å². The zero-order valence-electron chi connectivity index (χ0n) is 12.9. The number of aliphatic hydroxyl groups excluding tert-OH is 1. The molecule has 4 rings (SSSR count). The minimum Gasteiger partial charge on any atom is -0.382 e. The SMILES string of the molecule is O=C1c2ccccc2C(O)N1CCC1CCc2ccccc2N1. The molecule has 2 aromatic carbocycles. The maximum Gasteiger partial charge on any atom is 0.256 e. The van der Waals surface area contributed by atoms with Crippen molar-refractivity contribution in [2.45, 2.75) is 31.5 Å². The van der Waals surface area contributed by atoms with Crippen molar-refractivity contribution in [3.05, 3.63) is 65.2 Å². The molecule has 2 N–H and O–H groups in total. The Hall–Kier alpha value is -2.33. The topological polar surface area (TPSA) is 52.6 Å². The number of rotatable bonds is 3. The number of nitrogens with zero attached hydrogens (tertiary/aromatic N) is 1. The van der Waals surface area contributed by atoms with Crippen LogP contribution >= 0.6 is 0 Å². The molecule has 2 heterocycles. The Morgan fingerprint density at radius 3 is 2.78 bits per heavy atom. The molecule has 0 aliphatic carbocycles. The van der Waals surface area contributed by atoms with E-state index >= 15 is 0 Å². The molecule has 0 spiro atoms. The zero-order chi connectivity index (χ0) is 15.8. The highest BCUT2D eigenvalue weighted by molar-refractivity contribution is 5.98. The van der Waals surface area contributed by atoms with Crippen molar-refractivity contribution >= 4 is 11.6 Å². The highest BCUT2D eigenvalue weighted by Gasteiger charge is 2.35. The van der Waals surface area contributed by atoms with Gasteiger partial charge in [0.05, 0.1) is 0 Å². The first kappa shape index (κ1) is 14.3. The molecule has 0 saturated heterocycles. The summed E-state index contributed by atoms with van der Waals surface area (Å²) in [6, 6.07) is 16.0. The van der Waals surface area contributed by atoms with E-state index in [1.54, 1.807) is 11.0 Å². The lowest BCUT2D eigenvalue weighted by Crippen LogP contribution is -2.34. The lowest BCUT2D eigenvalue weighted by Gasteiger charge is -2.29. The molecular weight excluding hydrogens is 288 g/mol. The van der Waals surface area contributed by atoms with E-state index in [1.165, 1.54) is 11.3 Å². The lowest BCUT2D eigenvalue weighted by molar-refractivity contribution is 0.0166. The third kappa shape index (κ3) is 2.49. The van der Waals surface area contributed by atoms with Crippen molar-refractivity contribution in [1.29, 1.82) is 0 Å². The maximum absolute atomic E-state index is 12.4. The third-order valence-corrected chi connectivity index (χ3v) is 4.88. The van der Waals surface area contributed by atoms with Gasteiger partial charge in [0.15, 0.2) is 6.23 Å². The van der Waals surface area contributed by atoms with Crippen molar-refractivity contribution in [2.75, 3.05) is 11.9 Å². The largest absolute Gasteiger partial charge is 0.382 e. The third-order valence-electron chi connectivity index (χ3n) is 4.88. The number of amides is 1. The highest BCUT2D eigenvalue weighted by atomic mass is 16.3. The molecule has 4 heteroatoms. The standard InChI is InChI=1S/C19H20N2O2/c22-18-15-6-2-3-7-16(15)19(23)21(18)12-11-14-10-9-13-5-1-4-8-17(13)20-14/h1-8,14,18,20,22H,9-12H2. The first-order chi connectivity index (χ1) is 11.2. The number of nitrogens with one attached hydrogen (secondary N) is 1. The molecule has 0 radical (unpaired) electrons. The van der Waals surface area contributed by atoms with Crippen LogP contribution in [0.5, 0.6) is 0 Å². The summed E-state index contributed by atoms with van der Waals surface area (Å²) in [5.74, 6) is -0.0655. The molecule has 2 aromatic rings. The van der Waals surface area contributed by atoms with Gasteiger partial charge >= 0.3 is 0 Å². The maximum atomic E-state index is 12.4. The van der Waals surface area contributed by atoms with Crippen molar-refractivity contribution in [3.63, 3.8) is 0 Å². The van der Waals surface area contributed by atoms with E-state index in [9.17, 15) is 9.90 Å². The highest BCUT2D eigenvalue weighted by Crippen LogP contribution is 2.32. The van der Waals surface area contributed by atoms with E-state index in [1.807, 2.05) is 24.3 Å². The molecular formula is C19H20N2O2. The van der Waals surface area contributed by atoms with Crippen molar-refractivity contribution in [2.24, 2.45) is 0 Å². The minimum atomic E-state index is -0.811. The predicted octanol–water partition coefficient (Wildman–Crippen LogP) is 2.95. The lowest BCUT2D eigenvalue weighted by atomic mass is 9.96. The molecule has 2 atom stereocenters. The van der Waals surface area contributed by atoms with Crippen LogP contribution < -0.4 is 5.32 Å². The summed E-state index contributed by atoms with van der Waals surface area (Å²) in [4.78, 5) is 14.0. The zero-order valence-corrected chi connectivity index (χ0v) is 12.9. The molecule has 4 nitrogen and oxygen atoms in total. The predicted molar refractivity (Wildman–Crippen MR) is 89.2 cm³/mol. The summed E-state index contributed by atoms with van der Waals surface area (Å²) in [7, 11) is 0. The van der Waals surface area contributed by atoms with Crippen molar-refractivity contribution in [3.8, 4) is 0 Å².